The number of carbonyl (C=O) groups excluding carboxylic acids is 3. The molecule has 22 heavy (non-hydrogen) atoms. The zero-order chi connectivity index (χ0) is 16.5. The third-order valence-corrected chi connectivity index (χ3v) is 2.56. The summed E-state index contributed by atoms with van der Waals surface area (Å²) in [5, 5.41) is 2.33. The average molecular weight is 308 g/mol. The largest absolute Gasteiger partial charge is 0.452 e. The molecule has 0 atom stereocenters. The molecular weight excluding hydrogens is 291 g/mol. The summed E-state index contributed by atoms with van der Waals surface area (Å²) in [6, 6.07) is 5.53. The minimum Gasteiger partial charge on any atom is -0.452 e. The van der Waals surface area contributed by atoms with Crippen LogP contribution in [-0.2, 0) is 19.1 Å². The lowest BCUT2D eigenvalue weighted by molar-refractivity contribution is -0.144. The lowest BCUT2D eigenvalue weighted by Crippen LogP contribution is -2.38. The molecule has 0 aromatic heterocycles. The summed E-state index contributed by atoms with van der Waals surface area (Å²) in [5.41, 5.74) is 0.624. The van der Waals surface area contributed by atoms with Gasteiger partial charge in [0.05, 0.1) is 6.54 Å². The van der Waals surface area contributed by atoms with Crippen molar-refractivity contribution in [2.75, 3.05) is 27.2 Å². The van der Waals surface area contributed by atoms with Gasteiger partial charge in [-0.2, -0.15) is 0 Å². The number of benzene rings is 1. The average Bonchev–Trinajstić information content (AvgIpc) is 2.49. The molecule has 0 aliphatic carbocycles. The fourth-order valence-corrected chi connectivity index (χ4v) is 1.31. The van der Waals surface area contributed by atoms with E-state index in [9.17, 15) is 18.8 Å². The number of hydrogen-bond acceptors (Lipinski definition) is 4. The molecule has 0 bridgehead atoms. The summed E-state index contributed by atoms with van der Waals surface area (Å²) < 4.78 is 17.4. The number of amides is 2. The Bertz CT molecular complexity index is 567. The molecule has 0 unspecified atom stereocenters. The monoisotopic (exact) mass is 308 g/mol. The van der Waals surface area contributed by atoms with Crippen molar-refractivity contribution in [3.05, 3.63) is 41.7 Å². The van der Waals surface area contributed by atoms with Crippen molar-refractivity contribution in [2.24, 2.45) is 0 Å². The summed E-state index contributed by atoms with van der Waals surface area (Å²) in [6.45, 7) is -0.637. The summed E-state index contributed by atoms with van der Waals surface area (Å²) in [4.78, 5) is 35.3. The van der Waals surface area contributed by atoms with Crippen molar-refractivity contribution < 1.29 is 23.5 Å². The fourth-order valence-electron chi connectivity index (χ4n) is 1.31. The maximum Gasteiger partial charge on any atom is 0.331 e. The molecule has 118 valence electrons. The Balaban J connectivity index is 2.32. The van der Waals surface area contributed by atoms with Crippen LogP contribution in [0.1, 0.15) is 5.56 Å². The van der Waals surface area contributed by atoms with E-state index in [1.165, 1.54) is 35.2 Å². The van der Waals surface area contributed by atoms with Gasteiger partial charge in [-0.3, -0.25) is 9.59 Å². The summed E-state index contributed by atoms with van der Waals surface area (Å²) in [6.07, 6.45) is 2.57. The van der Waals surface area contributed by atoms with Crippen molar-refractivity contribution in [1.82, 2.24) is 10.2 Å². The van der Waals surface area contributed by atoms with Gasteiger partial charge in [0.15, 0.2) is 6.61 Å². The van der Waals surface area contributed by atoms with Crippen LogP contribution < -0.4 is 5.32 Å². The Labute approximate surface area is 127 Å². The van der Waals surface area contributed by atoms with E-state index in [1.807, 2.05) is 0 Å². The van der Waals surface area contributed by atoms with Gasteiger partial charge in [0, 0.05) is 20.2 Å². The van der Waals surface area contributed by atoms with E-state index in [-0.39, 0.29) is 18.3 Å². The zero-order valence-electron chi connectivity index (χ0n) is 12.3. The second kappa shape index (κ2) is 8.56. The maximum absolute atomic E-state index is 12.7. The SMILES string of the molecule is CN(C)C(=O)CNC(=O)COC(=O)/C=C/c1ccc(F)cc1. The molecule has 0 saturated carbocycles. The smallest absolute Gasteiger partial charge is 0.331 e. The standard InChI is InChI=1S/C15H17FN2O4/c1-18(2)14(20)9-17-13(19)10-22-15(21)8-5-11-3-6-12(16)7-4-11/h3-8H,9-10H2,1-2H3,(H,17,19)/b8-5+. The van der Waals surface area contributed by atoms with E-state index in [1.54, 1.807) is 14.1 Å². The number of rotatable bonds is 6. The van der Waals surface area contributed by atoms with Crippen molar-refractivity contribution in [3.63, 3.8) is 0 Å². The topological polar surface area (TPSA) is 75.7 Å². The quantitative estimate of drug-likeness (QED) is 0.616. The summed E-state index contributed by atoms with van der Waals surface area (Å²) in [5.74, 6) is -1.92. The van der Waals surface area contributed by atoms with Crippen molar-refractivity contribution in [3.8, 4) is 0 Å². The molecule has 0 saturated heterocycles. The van der Waals surface area contributed by atoms with Crippen LogP contribution in [0.4, 0.5) is 4.39 Å². The second-order valence-electron chi connectivity index (χ2n) is 4.56. The van der Waals surface area contributed by atoms with Crippen LogP contribution in [-0.4, -0.2) is 49.9 Å². The normalized spacial score (nSPS) is 10.3. The first-order valence-corrected chi connectivity index (χ1v) is 6.45. The summed E-state index contributed by atoms with van der Waals surface area (Å²) in [7, 11) is 3.13. The van der Waals surface area contributed by atoms with Gasteiger partial charge in [0.1, 0.15) is 5.82 Å². The second-order valence-corrected chi connectivity index (χ2v) is 4.56. The van der Waals surface area contributed by atoms with Crippen molar-refractivity contribution in [1.29, 1.82) is 0 Å². The molecule has 0 fully saturated rings. The number of esters is 1. The number of hydrogen-bond donors (Lipinski definition) is 1. The minimum atomic E-state index is -0.710. The number of nitrogens with zero attached hydrogens (tertiary/aromatic N) is 1. The van der Waals surface area contributed by atoms with E-state index >= 15 is 0 Å². The van der Waals surface area contributed by atoms with Gasteiger partial charge in [-0.25, -0.2) is 9.18 Å². The first kappa shape index (κ1) is 17.4. The van der Waals surface area contributed by atoms with Gasteiger partial charge >= 0.3 is 5.97 Å². The molecule has 6 nitrogen and oxygen atoms in total. The van der Waals surface area contributed by atoms with Crippen LogP contribution >= 0.6 is 0 Å². The van der Waals surface area contributed by atoms with E-state index in [2.05, 4.69) is 5.32 Å². The molecule has 0 aliphatic rings. The molecule has 0 radical (unpaired) electrons. The van der Waals surface area contributed by atoms with Gasteiger partial charge in [0.25, 0.3) is 5.91 Å². The Hall–Kier alpha value is -2.70. The predicted octanol–water partition coefficient (Wildman–Crippen LogP) is 0.587. The zero-order valence-corrected chi connectivity index (χ0v) is 12.3. The molecule has 1 N–H and O–H groups in total. The molecule has 1 rings (SSSR count). The highest BCUT2D eigenvalue weighted by atomic mass is 19.1. The van der Waals surface area contributed by atoms with Crippen molar-refractivity contribution >= 4 is 23.9 Å². The molecular formula is C15H17FN2O4. The lowest BCUT2D eigenvalue weighted by atomic mass is 10.2. The number of likely N-dealkylation sites (N-methyl/N-ethyl adjacent to an activating group) is 1. The Kier molecular flexibility index (Phi) is 6.75. The van der Waals surface area contributed by atoms with Crippen LogP contribution in [0, 0.1) is 5.82 Å². The molecule has 2 amide bonds. The minimum absolute atomic E-state index is 0.158. The first-order valence-electron chi connectivity index (χ1n) is 6.45. The lowest BCUT2D eigenvalue weighted by Gasteiger charge is -2.10. The van der Waals surface area contributed by atoms with Gasteiger partial charge in [-0.05, 0) is 23.8 Å². The highest BCUT2D eigenvalue weighted by Gasteiger charge is 2.08. The van der Waals surface area contributed by atoms with E-state index in [4.69, 9.17) is 4.74 Å². The molecule has 7 heteroatoms. The highest BCUT2D eigenvalue weighted by molar-refractivity contribution is 5.90. The number of halogens is 1. The van der Waals surface area contributed by atoms with E-state index in [0.29, 0.717) is 5.56 Å². The van der Waals surface area contributed by atoms with Crippen LogP contribution in [0.2, 0.25) is 0 Å². The van der Waals surface area contributed by atoms with Gasteiger partial charge in [0.2, 0.25) is 5.91 Å². The highest BCUT2D eigenvalue weighted by Crippen LogP contribution is 2.04. The number of carbonyl (C=O) groups is 3. The molecule has 1 aromatic rings. The Morgan fingerprint density at radius 3 is 2.45 bits per heavy atom. The Morgan fingerprint density at radius 1 is 1.23 bits per heavy atom. The van der Waals surface area contributed by atoms with E-state index < -0.39 is 18.5 Å². The third kappa shape index (κ3) is 6.65. The Morgan fingerprint density at radius 2 is 1.86 bits per heavy atom. The molecule has 0 heterocycles. The van der Waals surface area contributed by atoms with Crippen molar-refractivity contribution in [2.45, 2.75) is 0 Å². The molecule has 0 aliphatic heterocycles. The predicted molar refractivity (Wildman–Crippen MR) is 78.1 cm³/mol. The maximum atomic E-state index is 12.7. The van der Waals surface area contributed by atoms with Crippen LogP contribution in [0.25, 0.3) is 6.08 Å². The summed E-state index contributed by atoms with van der Waals surface area (Å²) >= 11 is 0. The van der Waals surface area contributed by atoms with Gasteiger partial charge in [-0.15, -0.1) is 0 Å². The fraction of sp³-hybridized carbons (Fsp3) is 0.267. The van der Waals surface area contributed by atoms with Gasteiger partial charge in [-0.1, -0.05) is 12.1 Å². The molecule has 1 aromatic carbocycles. The third-order valence-electron chi connectivity index (χ3n) is 2.56. The van der Waals surface area contributed by atoms with Crippen LogP contribution in [0.3, 0.4) is 0 Å². The number of nitrogens with one attached hydrogen (secondary N) is 1. The van der Waals surface area contributed by atoms with Crippen LogP contribution in [0.15, 0.2) is 30.3 Å². The van der Waals surface area contributed by atoms with E-state index in [0.717, 1.165) is 6.08 Å². The van der Waals surface area contributed by atoms with Crippen LogP contribution in [0.5, 0.6) is 0 Å². The molecule has 0 spiro atoms. The first-order chi connectivity index (χ1) is 10.4. The number of ether oxygens (including phenoxy) is 1. The van der Waals surface area contributed by atoms with Gasteiger partial charge < -0.3 is 15.0 Å².